The molecule has 1 aromatic heterocycles. The van der Waals surface area contributed by atoms with Crippen LogP contribution >= 0.6 is 11.3 Å². The normalized spacial score (nSPS) is 11.4. The molecule has 0 spiro atoms. The number of halogens is 3. The van der Waals surface area contributed by atoms with E-state index in [1.165, 1.54) is 6.08 Å². The van der Waals surface area contributed by atoms with E-state index >= 15 is 0 Å². The molecule has 0 radical (unpaired) electrons. The van der Waals surface area contributed by atoms with Crippen LogP contribution in [0.15, 0.2) is 12.7 Å². The maximum Gasteiger partial charge on any atom is 0.406 e. The summed E-state index contributed by atoms with van der Waals surface area (Å²) in [5.74, 6) is -0.657. The first-order valence-electron chi connectivity index (χ1n) is 5.15. The van der Waals surface area contributed by atoms with Crippen molar-refractivity contribution in [2.24, 2.45) is 0 Å². The molecule has 0 aromatic carbocycles. The molecule has 7 heteroatoms. The van der Waals surface area contributed by atoms with Gasteiger partial charge in [0, 0.05) is 6.54 Å². The van der Waals surface area contributed by atoms with E-state index in [1.54, 1.807) is 13.8 Å². The lowest BCUT2D eigenvalue weighted by Gasteiger charge is -2.21. The lowest BCUT2D eigenvalue weighted by molar-refractivity contribution is -0.139. The summed E-state index contributed by atoms with van der Waals surface area (Å²) in [5.41, 5.74) is 0.457. The fourth-order valence-corrected chi connectivity index (χ4v) is 2.35. The van der Waals surface area contributed by atoms with Crippen LogP contribution in [0.3, 0.4) is 0 Å². The van der Waals surface area contributed by atoms with Gasteiger partial charge >= 0.3 is 6.18 Å². The molecule has 0 aliphatic rings. The molecule has 1 rings (SSSR count). The number of hydrogen-bond acceptors (Lipinski definition) is 3. The molecule has 18 heavy (non-hydrogen) atoms. The van der Waals surface area contributed by atoms with Gasteiger partial charge in [-0.25, -0.2) is 4.98 Å². The molecule has 3 nitrogen and oxygen atoms in total. The topological polar surface area (TPSA) is 33.2 Å². The Morgan fingerprint density at radius 3 is 2.50 bits per heavy atom. The monoisotopic (exact) mass is 278 g/mol. The average molecular weight is 278 g/mol. The molecule has 0 N–H and O–H groups in total. The van der Waals surface area contributed by atoms with Crippen molar-refractivity contribution in [1.29, 1.82) is 0 Å². The van der Waals surface area contributed by atoms with Crippen LogP contribution in [0, 0.1) is 13.8 Å². The Morgan fingerprint density at radius 1 is 1.50 bits per heavy atom. The smallest absolute Gasteiger partial charge is 0.325 e. The predicted octanol–water partition coefficient (Wildman–Crippen LogP) is 2.95. The van der Waals surface area contributed by atoms with Crippen molar-refractivity contribution in [2.45, 2.75) is 20.0 Å². The lowest BCUT2D eigenvalue weighted by Crippen LogP contribution is -2.39. The molecular weight excluding hydrogens is 265 g/mol. The minimum Gasteiger partial charge on any atom is -0.325 e. The maximum absolute atomic E-state index is 12.4. The summed E-state index contributed by atoms with van der Waals surface area (Å²) in [4.78, 5) is 17.0. The first-order chi connectivity index (χ1) is 8.24. The fraction of sp³-hybridized carbons (Fsp3) is 0.455. The van der Waals surface area contributed by atoms with Crippen LogP contribution in [-0.2, 0) is 0 Å². The van der Waals surface area contributed by atoms with Crippen LogP contribution in [0.1, 0.15) is 20.4 Å². The number of carbonyl (C=O) groups is 1. The summed E-state index contributed by atoms with van der Waals surface area (Å²) in [6.07, 6.45) is -3.15. The predicted molar refractivity (Wildman–Crippen MR) is 63.7 cm³/mol. The molecule has 0 bridgehead atoms. The van der Waals surface area contributed by atoms with E-state index in [0.29, 0.717) is 15.6 Å². The first-order valence-corrected chi connectivity index (χ1v) is 5.97. The number of aryl methyl sites for hydroxylation is 2. The van der Waals surface area contributed by atoms with Crippen LogP contribution < -0.4 is 0 Å². The summed E-state index contributed by atoms with van der Waals surface area (Å²) in [6, 6.07) is 0. The molecule has 1 amide bonds. The molecule has 0 aliphatic carbocycles. The van der Waals surface area contributed by atoms with Gasteiger partial charge < -0.3 is 4.90 Å². The standard InChI is InChI=1S/C11H13F3N2OS/c1-4-5-16(6-11(12,13)14)10(17)9-7(2)15-8(3)18-9/h4H,1,5-6H2,2-3H3. The third-order valence-electron chi connectivity index (χ3n) is 2.10. The summed E-state index contributed by atoms with van der Waals surface area (Å²) < 4.78 is 37.1. The van der Waals surface area contributed by atoms with Gasteiger partial charge in [-0.3, -0.25) is 4.79 Å². The van der Waals surface area contributed by atoms with Crippen LogP contribution in [0.25, 0.3) is 0 Å². The number of aromatic nitrogens is 1. The number of alkyl halides is 3. The van der Waals surface area contributed by atoms with Gasteiger partial charge in [-0.2, -0.15) is 13.2 Å². The zero-order chi connectivity index (χ0) is 13.9. The van der Waals surface area contributed by atoms with Crippen molar-refractivity contribution >= 4 is 17.2 Å². The van der Waals surface area contributed by atoms with Crippen molar-refractivity contribution in [1.82, 2.24) is 9.88 Å². The second kappa shape index (κ2) is 5.51. The zero-order valence-corrected chi connectivity index (χ0v) is 10.9. The molecule has 0 atom stereocenters. The van der Waals surface area contributed by atoms with Gasteiger partial charge in [-0.05, 0) is 13.8 Å². The molecule has 0 aliphatic heterocycles. The minimum atomic E-state index is -4.42. The Hall–Kier alpha value is -1.37. The van der Waals surface area contributed by atoms with Crippen LogP contribution in [0.2, 0.25) is 0 Å². The Balaban J connectivity index is 2.96. The molecule has 0 saturated carbocycles. The van der Waals surface area contributed by atoms with Crippen molar-refractivity contribution in [3.63, 3.8) is 0 Å². The molecular formula is C11H13F3N2OS. The SMILES string of the molecule is C=CCN(CC(F)(F)F)C(=O)c1sc(C)nc1C. The van der Waals surface area contributed by atoms with Crippen LogP contribution in [0.5, 0.6) is 0 Å². The third kappa shape index (κ3) is 3.83. The van der Waals surface area contributed by atoms with Gasteiger partial charge in [0.05, 0.1) is 10.7 Å². The third-order valence-corrected chi connectivity index (χ3v) is 3.17. The van der Waals surface area contributed by atoms with E-state index in [9.17, 15) is 18.0 Å². The zero-order valence-electron chi connectivity index (χ0n) is 10.0. The van der Waals surface area contributed by atoms with E-state index in [4.69, 9.17) is 0 Å². The van der Waals surface area contributed by atoms with Gasteiger partial charge in [-0.1, -0.05) is 6.08 Å². The highest BCUT2D eigenvalue weighted by atomic mass is 32.1. The molecule has 100 valence electrons. The highest BCUT2D eigenvalue weighted by molar-refractivity contribution is 7.13. The number of nitrogens with zero attached hydrogens (tertiary/aromatic N) is 2. The quantitative estimate of drug-likeness (QED) is 0.793. The molecule has 0 fully saturated rings. The number of rotatable bonds is 4. The minimum absolute atomic E-state index is 0.144. The van der Waals surface area contributed by atoms with Crippen molar-refractivity contribution in [3.05, 3.63) is 28.2 Å². The molecule has 0 unspecified atom stereocenters. The van der Waals surface area contributed by atoms with Crippen molar-refractivity contribution in [2.75, 3.05) is 13.1 Å². The van der Waals surface area contributed by atoms with Gasteiger partial charge in [0.2, 0.25) is 0 Å². The molecule has 0 saturated heterocycles. The van der Waals surface area contributed by atoms with E-state index < -0.39 is 18.6 Å². The van der Waals surface area contributed by atoms with Gasteiger partial charge in [0.25, 0.3) is 5.91 Å². The largest absolute Gasteiger partial charge is 0.406 e. The Morgan fingerprint density at radius 2 is 2.11 bits per heavy atom. The summed E-state index contributed by atoms with van der Waals surface area (Å²) in [6.45, 7) is 5.25. The second-order valence-corrected chi connectivity index (χ2v) is 4.94. The summed E-state index contributed by atoms with van der Waals surface area (Å²) in [7, 11) is 0. The first kappa shape index (κ1) is 14.7. The highest BCUT2D eigenvalue weighted by Crippen LogP contribution is 2.22. The van der Waals surface area contributed by atoms with E-state index in [-0.39, 0.29) is 11.4 Å². The van der Waals surface area contributed by atoms with Crippen LogP contribution in [0.4, 0.5) is 13.2 Å². The van der Waals surface area contributed by atoms with Gasteiger partial charge in [-0.15, -0.1) is 17.9 Å². The average Bonchev–Trinajstić information content (AvgIpc) is 2.54. The van der Waals surface area contributed by atoms with E-state index in [2.05, 4.69) is 11.6 Å². The van der Waals surface area contributed by atoms with Crippen molar-refractivity contribution in [3.8, 4) is 0 Å². The number of amides is 1. The van der Waals surface area contributed by atoms with E-state index in [0.717, 1.165) is 11.3 Å². The number of carbonyl (C=O) groups excluding carboxylic acids is 1. The number of thiazole rings is 1. The summed E-state index contributed by atoms with van der Waals surface area (Å²) in [5, 5.41) is 0.654. The number of hydrogen-bond donors (Lipinski definition) is 0. The fourth-order valence-electron chi connectivity index (χ4n) is 1.46. The van der Waals surface area contributed by atoms with Crippen LogP contribution in [-0.4, -0.2) is 35.1 Å². The van der Waals surface area contributed by atoms with Gasteiger partial charge in [0.15, 0.2) is 0 Å². The maximum atomic E-state index is 12.4. The second-order valence-electron chi connectivity index (χ2n) is 3.74. The van der Waals surface area contributed by atoms with E-state index in [1.807, 2.05) is 0 Å². The molecule has 1 aromatic rings. The Labute approximate surface area is 107 Å². The summed E-state index contributed by atoms with van der Waals surface area (Å²) >= 11 is 1.10. The lowest BCUT2D eigenvalue weighted by atomic mass is 10.3. The highest BCUT2D eigenvalue weighted by Gasteiger charge is 2.33. The van der Waals surface area contributed by atoms with Crippen molar-refractivity contribution < 1.29 is 18.0 Å². The molecule has 1 heterocycles. The Kier molecular flexibility index (Phi) is 4.50. The van der Waals surface area contributed by atoms with Gasteiger partial charge in [0.1, 0.15) is 11.4 Å². The Bertz CT molecular complexity index is 454.